The van der Waals surface area contributed by atoms with Crippen molar-refractivity contribution in [1.82, 2.24) is 0 Å². The van der Waals surface area contributed by atoms with Crippen LogP contribution in [0.15, 0.2) is 0 Å². The van der Waals surface area contributed by atoms with Crippen molar-refractivity contribution in [2.75, 3.05) is 38.9 Å². The van der Waals surface area contributed by atoms with Crippen LogP contribution in [0.3, 0.4) is 0 Å². The standard InChI is InChI=1S/C6H14O5.C2H6OS/c7-1-5(9)3-11-4-6(10)2-8;1-4(2)3/h5-10H,1-4H2;1-2H3. The summed E-state index contributed by atoms with van der Waals surface area (Å²) in [5.41, 5.74) is 0. The minimum atomic E-state index is -0.916. The van der Waals surface area contributed by atoms with E-state index in [-0.39, 0.29) is 26.4 Å². The Morgan fingerprint density at radius 1 is 1.07 bits per heavy atom. The van der Waals surface area contributed by atoms with Gasteiger partial charge in [-0.2, -0.15) is 0 Å². The Kier molecular flexibility index (Phi) is 14.2. The van der Waals surface area contributed by atoms with Gasteiger partial charge in [-0.3, -0.25) is 0 Å². The Hall–Kier alpha value is 0.110. The van der Waals surface area contributed by atoms with Crippen LogP contribution in [0, 0.1) is 0 Å². The number of hydrogen-bond acceptors (Lipinski definition) is 6. The normalized spacial score (nSPS) is 14.4. The minimum Gasteiger partial charge on any atom is -0.617 e. The molecule has 0 saturated heterocycles. The monoisotopic (exact) mass is 244 g/mol. The van der Waals surface area contributed by atoms with Gasteiger partial charge in [0.1, 0.15) is 12.2 Å². The summed E-state index contributed by atoms with van der Waals surface area (Å²) in [6.07, 6.45) is 1.45. The summed E-state index contributed by atoms with van der Waals surface area (Å²) in [4.78, 5) is 0. The molecule has 0 fully saturated rings. The largest absolute Gasteiger partial charge is 0.617 e. The summed E-state index contributed by atoms with van der Waals surface area (Å²) in [6.45, 7) is -0.800. The first-order chi connectivity index (χ1) is 6.93. The highest BCUT2D eigenvalue weighted by atomic mass is 32.2. The van der Waals surface area contributed by atoms with Gasteiger partial charge in [0.15, 0.2) is 0 Å². The van der Waals surface area contributed by atoms with Crippen LogP contribution in [-0.4, -0.2) is 76.1 Å². The van der Waals surface area contributed by atoms with Crippen molar-refractivity contribution in [2.45, 2.75) is 12.2 Å². The van der Waals surface area contributed by atoms with Gasteiger partial charge in [0.25, 0.3) is 0 Å². The van der Waals surface area contributed by atoms with Crippen LogP contribution in [0.1, 0.15) is 0 Å². The summed E-state index contributed by atoms with van der Waals surface area (Å²) < 4.78 is 14.3. The lowest BCUT2D eigenvalue weighted by atomic mass is 10.4. The molecule has 0 aliphatic carbocycles. The zero-order chi connectivity index (χ0) is 12.3. The highest BCUT2D eigenvalue weighted by molar-refractivity contribution is 7.89. The summed E-state index contributed by atoms with van der Waals surface area (Å²) in [7, 11) is 0. The van der Waals surface area contributed by atoms with Crippen molar-refractivity contribution in [3.63, 3.8) is 0 Å². The first kappa shape index (κ1) is 17.5. The molecule has 0 aromatic heterocycles. The van der Waals surface area contributed by atoms with Crippen LogP contribution in [0.25, 0.3) is 0 Å². The van der Waals surface area contributed by atoms with Gasteiger partial charge < -0.3 is 29.7 Å². The molecule has 0 spiro atoms. The molecule has 6 nitrogen and oxygen atoms in total. The van der Waals surface area contributed by atoms with Crippen LogP contribution in [0.5, 0.6) is 0 Å². The van der Waals surface area contributed by atoms with Gasteiger partial charge in [-0.1, -0.05) is 11.2 Å². The quantitative estimate of drug-likeness (QED) is 0.391. The van der Waals surface area contributed by atoms with Crippen molar-refractivity contribution in [1.29, 1.82) is 0 Å². The molecule has 2 atom stereocenters. The van der Waals surface area contributed by atoms with Crippen molar-refractivity contribution < 1.29 is 29.7 Å². The molecular formula is C8H20O6S. The second kappa shape index (κ2) is 12.2. The molecule has 0 aliphatic rings. The molecule has 0 aliphatic heterocycles. The van der Waals surface area contributed by atoms with E-state index in [1.807, 2.05) is 0 Å². The van der Waals surface area contributed by atoms with Gasteiger partial charge in [0.05, 0.1) is 38.9 Å². The van der Waals surface area contributed by atoms with Gasteiger partial charge in [-0.05, 0) is 0 Å². The van der Waals surface area contributed by atoms with Gasteiger partial charge in [-0.25, -0.2) is 0 Å². The molecule has 0 rings (SSSR count). The lowest BCUT2D eigenvalue weighted by molar-refractivity contribution is -0.0364. The Morgan fingerprint density at radius 3 is 1.53 bits per heavy atom. The molecule has 0 aromatic carbocycles. The number of rotatable bonds is 6. The number of hydrogen-bond donors (Lipinski definition) is 4. The predicted molar refractivity (Wildman–Crippen MR) is 57.0 cm³/mol. The zero-order valence-corrected chi connectivity index (χ0v) is 9.81. The third kappa shape index (κ3) is 20.2. The van der Waals surface area contributed by atoms with E-state index in [9.17, 15) is 4.55 Å². The van der Waals surface area contributed by atoms with Gasteiger partial charge >= 0.3 is 0 Å². The maximum absolute atomic E-state index is 9.56. The van der Waals surface area contributed by atoms with E-state index in [2.05, 4.69) is 0 Å². The fraction of sp³-hybridized carbons (Fsp3) is 1.00. The van der Waals surface area contributed by atoms with Gasteiger partial charge in [0, 0.05) is 0 Å². The third-order valence-corrected chi connectivity index (χ3v) is 1.04. The zero-order valence-electron chi connectivity index (χ0n) is 9.00. The second-order valence-corrected chi connectivity index (χ2v) is 4.43. The van der Waals surface area contributed by atoms with Crippen LogP contribution in [-0.2, 0) is 15.9 Å². The average Bonchev–Trinajstić information content (AvgIpc) is 2.16. The molecule has 7 heteroatoms. The summed E-state index contributed by atoms with van der Waals surface area (Å²) in [6, 6.07) is 0. The molecule has 0 amide bonds. The van der Waals surface area contributed by atoms with Crippen molar-refractivity contribution in [3.05, 3.63) is 0 Å². The van der Waals surface area contributed by atoms with Gasteiger partial charge in [-0.15, -0.1) is 0 Å². The van der Waals surface area contributed by atoms with E-state index < -0.39 is 23.4 Å². The van der Waals surface area contributed by atoms with Crippen LogP contribution < -0.4 is 0 Å². The lowest BCUT2D eigenvalue weighted by Crippen LogP contribution is -2.25. The molecule has 2 unspecified atom stereocenters. The molecule has 0 bridgehead atoms. The maximum Gasteiger partial charge on any atom is 0.100 e. The SMILES string of the molecule is C[S+](C)[O-].OCC(O)COCC(O)CO. The van der Waals surface area contributed by atoms with Crippen LogP contribution in [0.4, 0.5) is 0 Å². The molecule has 0 saturated carbocycles. The molecule has 0 heterocycles. The number of aliphatic hydroxyl groups is 4. The second-order valence-electron chi connectivity index (χ2n) is 2.95. The van der Waals surface area contributed by atoms with E-state index in [1.54, 1.807) is 12.5 Å². The Bertz CT molecular complexity index is 111. The van der Waals surface area contributed by atoms with E-state index in [0.29, 0.717) is 0 Å². The highest BCUT2D eigenvalue weighted by Crippen LogP contribution is 1.87. The average molecular weight is 244 g/mol. The molecule has 0 aromatic rings. The van der Waals surface area contributed by atoms with Crippen molar-refractivity contribution >= 4 is 11.2 Å². The maximum atomic E-state index is 9.56. The molecule has 94 valence electrons. The Morgan fingerprint density at radius 2 is 1.33 bits per heavy atom. The van der Waals surface area contributed by atoms with Crippen molar-refractivity contribution in [3.8, 4) is 0 Å². The summed E-state index contributed by atoms with van der Waals surface area (Å²) >= 11 is -0.611. The highest BCUT2D eigenvalue weighted by Gasteiger charge is 2.04. The van der Waals surface area contributed by atoms with Gasteiger partial charge in [0.2, 0.25) is 0 Å². The van der Waals surface area contributed by atoms with E-state index >= 15 is 0 Å². The Labute approximate surface area is 92.7 Å². The summed E-state index contributed by atoms with van der Waals surface area (Å²) in [5.74, 6) is 0. The van der Waals surface area contributed by atoms with Crippen LogP contribution in [0.2, 0.25) is 0 Å². The topological polar surface area (TPSA) is 113 Å². The predicted octanol–water partition coefficient (Wildman–Crippen LogP) is -2.30. The lowest BCUT2D eigenvalue weighted by Gasteiger charge is -2.10. The van der Waals surface area contributed by atoms with Crippen molar-refractivity contribution in [2.24, 2.45) is 0 Å². The fourth-order valence-electron chi connectivity index (χ4n) is 0.446. The third-order valence-electron chi connectivity index (χ3n) is 1.04. The fourth-order valence-corrected chi connectivity index (χ4v) is 0.446. The first-order valence-electron chi connectivity index (χ1n) is 4.34. The molecule has 4 N–H and O–H groups in total. The first-order valence-corrected chi connectivity index (χ1v) is 6.31. The smallest absolute Gasteiger partial charge is 0.100 e. The van der Waals surface area contributed by atoms with Crippen LogP contribution >= 0.6 is 0 Å². The van der Waals surface area contributed by atoms with E-state index in [1.165, 1.54) is 0 Å². The Balaban J connectivity index is 0. The number of ether oxygens (including phenoxy) is 1. The molecule has 15 heavy (non-hydrogen) atoms. The molecule has 0 radical (unpaired) electrons. The van der Waals surface area contributed by atoms with E-state index in [0.717, 1.165) is 0 Å². The summed E-state index contributed by atoms with van der Waals surface area (Å²) in [5, 5.41) is 34.1. The minimum absolute atomic E-state index is 0.0342. The number of aliphatic hydroxyl groups excluding tert-OH is 4. The van der Waals surface area contributed by atoms with E-state index in [4.69, 9.17) is 25.2 Å². The molecular weight excluding hydrogens is 224 g/mol.